The summed E-state index contributed by atoms with van der Waals surface area (Å²) in [6.45, 7) is 0. The van der Waals surface area contributed by atoms with Gasteiger partial charge in [-0.15, -0.1) is 10.2 Å². The molecule has 0 fully saturated rings. The molecule has 5 aromatic carbocycles. The lowest BCUT2D eigenvalue weighted by Gasteiger charge is -2.13. The highest BCUT2D eigenvalue weighted by atomic mass is 15.5. The number of para-hydroxylation sites is 1. The molecule has 0 aliphatic rings. The van der Waals surface area contributed by atoms with Crippen molar-refractivity contribution in [2.45, 2.75) is 0 Å². The summed E-state index contributed by atoms with van der Waals surface area (Å²) in [6.07, 6.45) is 0. The molecule has 192 valence electrons. The maximum Gasteiger partial charge on any atom is 0.121 e. The number of nitrogens with zero attached hydrogens (tertiary/aromatic N) is 5. The molecule has 0 amide bonds. The molecule has 0 atom stereocenters. The third-order valence-corrected chi connectivity index (χ3v) is 7.46. The Kier molecular flexibility index (Phi) is 5.38. The Morgan fingerprint density at radius 3 is 1.78 bits per heavy atom. The zero-order chi connectivity index (χ0) is 27.2. The topological polar surface area (TPSA) is 56.5 Å². The molecule has 0 spiro atoms. The molecule has 0 bridgehead atoms. The molecule has 0 N–H and O–H groups in total. The van der Waals surface area contributed by atoms with Crippen molar-refractivity contribution in [3.63, 3.8) is 0 Å². The van der Waals surface area contributed by atoms with Gasteiger partial charge in [0.1, 0.15) is 11.0 Å². The summed E-state index contributed by atoms with van der Waals surface area (Å²) in [6, 6.07) is 47.4. The van der Waals surface area contributed by atoms with Crippen molar-refractivity contribution in [2.75, 3.05) is 0 Å². The van der Waals surface area contributed by atoms with Gasteiger partial charge in [0.25, 0.3) is 0 Å². The molecule has 5 nitrogen and oxygen atoms in total. The van der Waals surface area contributed by atoms with Crippen LogP contribution in [-0.4, -0.2) is 25.0 Å². The predicted molar refractivity (Wildman–Crippen MR) is 166 cm³/mol. The van der Waals surface area contributed by atoms with Crippen molar-refractivity contribution in [3.8, 4) is 39.3 Å². The van der Waals surface area contributed by atoms with E-state index in [1.54, 1.807) is 4.80 Å². The largest absolute Gasteiger partial charge is 0.245 e. The van der Waals surface area contributed by atoms with Gasteiger partial charge in [-0.1, -0.05) is 97.1 Å². The van der Waals surface area contributed by atoms with Crippen LogP contribution >= 0.6 is 0 Å². The van der Waals surface area contributed by atoms with Crippen LogP contribution in [-0.2, 0) is 0 Å². The molecule has 8 aromatic rings. The van der Waals surface area contributed by atoms with Gasteiger partial charge in [-0.05, 0) is 48.0 Å². The number of fused-ring (bicyclic) bond motifs is 4. The lowest BCUT2D eigenvalue weighted by Crippen LogP contribution is -1.97. The van der Waals surface area contributed by atoms with Crippen molar-refractivity contribution in [2.24, 2.45) is 0 Å². The second-order valence-corrected chi connectivity index (χ2v) is 10.0. The minimum Gasteiger partial charge on any atom is -0.245 e. The van der Waals surface area contributed by atoms with E-state index in [0.717, 1.165) is 72.2 Å². The van der Waals surface area contributed by atoms with Crippen LogP contribution in [0, 0.1) is 0 Å². The van der Waals surface area contributed by atoms with E-state index in [9.17, 15) is 0 Å². The molecule has 0 aliphatic heterocycles. The molecular formula is C36H23N5. The zero-order valence-electron chi connectivity index (χ0n) is 22.0. The quantitative estimate of drug-likeness (QED) is 0.216. The van der Waals surface area contributed by atoms with Gasteiger partial charge in [-0.25, -0.2) is 9.97 Å². The van der Waals surface area contributed by atoms with Gasteiger partial charge < -0.3 is 0 Å². The first-order valence-electron chi connectivity index (χ1n) is 13.6. The molecule has 8 rings (SSSR count). The highest BCUT2D eigenvalue weighted by Gasteiger charge is 2.17. The van der Waals surface area contributed by atoms with Crippen LogP contribution in [0.4, 0.5) is 0 Å². The molecule has 0 unspecified atom stereocenters. The van der Waals surface area contributed by atoms with Gasteiger partial charge in [0, 0.05) is 27.5 Å². The van der Waals surface area contributed by atoms with E-state index < -0.39 is 0 Å². The second-order valence-electron chi connectivity index (χ2n) is 10.0. The summed E-state index contributed by atoms with van der Waals surface area (Å²) in [7, 11) is 0. The number of hydrogen-bond donors (Lipinski definition) is 0. The molecule has 0 radical (unpaired) electrons. The first kappa shape index (κ1) is 23.2. The molecule has 5 heteroatoms. The van der Waals surface area contributed by atoms with Crippen LogP contribution in [0.15, 0.2) is 140 Å². The van der Waals surface area contributed by atoms with E-state index in [1.807, 2.05) is 78.9 Å². The third-order valence-electron chi connectivity index (χ3n) is 7.46. The van der Waals surface area contributed by atoms with Crippen molar-refractivity contribution in [1.29, 1.82) is 0 Å². The number of rotatable bonds is 4. The Morgan fingerprint density at radius 1 is 0.439 bits per heavy atom. The monoisotopic (exact) mass is 525 g/mol. The van der Waals surface area contributed by atoms with E-state index in [4.69, 9.17) is 20.2 Å². The molecule has 3 heterocycles. The maximum atomic E-state index is 5.22. The minimum atomic E-state index is 0.839. The smallest absolute Gasteiger partial charge is 0.121 e. The van der Waals surface area contributed by atoms with Crippen molar-refractivity contribution in [1.82, 2.24) is 25.0 Å². The van der Waals surface area contributed by atoms with E-state index in [2.05, 4.69) is 60.7 Å². The Hall–Kier alpha value is -5.68. The summed E-state index contributed by atoms with van der Waals surface area (Å²) >= 11 is 0. The van der Waals surface area contributed by atoms with Crippen LogP contribution < -0.4 is 0 Å². The fourth-order valence-electron chi connectivity index (χ4n) is 5.46. The summed E-state index contributed by atoms with van der Waals surface area (Å²) in [5.41, 5.74) is 10.4. The number of aromatic nitrogens is 5. The minimum absolute atomic E-state index is 0.839. The molecule has 0 aliphatic carbocycles. The standard InChI is InChI=1S/C36H23N5/c1-4-11-24(12-5-1)31-21-19-26-23-30(28-17-10-18-33-35(28)40-41(39-33)27-15-8-3-9-16-27)29-20-22-32(25-13-6-2-7-14-25)38-36(29)34(26)37-31/h1-23H. The Balaban J connectivity index is 1.40. The number of pyridine rings is 2. The van der Waals surface area contributed by atoms with Crippen molar-refractivity contribution >= 4 is 32.8 Å². The molecule has 41 heavy (non-hydrogen) atoms. The highest BCUT2D eigenvalue weighted by Crippen LogP contribution is 2.38. The second kappa shape index (κ2) is 9.50. The maximum absolute atomic E-state index is 5.22. The lowest BCUT2D eigenvalue weighted by molar-refractivity contribution is 0.766. The summed E-state index contributed by atoms with van der Waals surface area (Å²) in [5, 5.41) is 11.8. The van der Waals surface area contributed by atoms with E-state index in [1.165, 1.54) is 0 Å². The van der Waals surface area contributed by atoms with Gasteiger partial charge in [-0.2, -0.15) is 4.80 Å². The fourth-order valence-corrected chi connectivity index (χ4v) is 5.46. The van der Waals surface area contributed by atoms with Gasteiger partial charge in [0.2, 0.25) is 0 Å². The first-order chi connectivity index (χ1) is 20.3. The van der Waals surface area contributed by atoms with Gasteiger partial charge in [-0.3, -0.25) is 0 Å². The Morgan fingerprint density at radius 2 is 1.07 bits per heavy atom. The predicted octanol–water partition coefficient (Wildman–Crippen LogP) is 8.52. The SMILES string of the molecule is c1ccc(-c2ccc3cc(-c4cccc5nn(-c6ccccc6)nc45)c4ccc(-c5ccccc5)nc4c3n2)cc1. The zero-order valence-corrected chi connectivity index (χ0v) is 22.0. The van der Waals surface area contributed by atoms with Crippen LogP contribution in [0.2, 0.25) is 0 Å². The van der Waals surface area contributed by atoms with Gasteiger partial charge in [0.05, 0.1) is 28.1 Å². The number of benzene rings is 5. The van der Waals surface area contributed by atoms with Gasteiger partial charge >= 0.3 is 0 Å². The Bertz CT molecular complexity index is 2190. The average molecular weight is 526 g/mol. The van der Waals surface area contributed by atoms with Crippen LogP contribution in [0.1, 0.15) is 0 Å². The summed E-state index contributed by atoms with van der Waals surface area (Å²) < 4.78 is 0. The van der Waals surface area contributed by atoms with Crippen molar-refractivity contribution in [3.05, 3.63) is 140 Å². The number of hydrogen-bond acceptors (Lipinski definition) is 4. The summed E-state index contributed by atoms with van der Waals surface area (Å²) in [4.78, 5) is 12.1. The van der Waals surface area contributed by atoms with Crippen LogP contribution in [0.3, 0.4) is 0 Å². The Labute approximate surface area is 236 Å². The highest BCUT2D eigenvalue weighted by molar-refractivity contribution is 6.13. The van der Waals surface area contributed by atoms with E-state index in [0.29, 0.717) is 0 Å². The lowest BCUT2D eigenvalue weighted by atomic mass is 9.95. The average Bonchev–Trinajstić information content (AvgIpc) is 3.50. The van der Waals surface area contributed by atoms with Gasteiger partial charge in [0.15, 0.2) is 0 Å². The van der Waals surface area contributed by atoms with Crippen LogP contribution in [0.25, 0.3) is 72.2 Å². The normalized spacial score (nSPS) is 11.4. The fraction of sp³-hybridized carbons (Fsp3) is 0. The molecule has 0 saturated carbocycles. The van der Waals surface area contributed by atoms with E-state index >= 15 is 0 Å². The van der Waals surface area contributed by atoms with E-state index in [-0.39, 0.29) is 0 Å². The first-order valence-corrected chi connectivity index (χ1v) is 13.6. The molecule has 3 aromatic heterocycles. The molecular weight excluding hydrogens is 502 g/mol. The third kappa shape index (κ3) is 4.03. The summed E-state index contributed by atoms with van der Waals surface area (Å²) in [5.74, 6) is 0. The van der Waals surface area contributed by atoms with Crippen LogP contribution in [0.5, 0.6) is 0 Å². The van der Waals surface area contributed by atoms with Crippen molar-refractivity contribution < 1.29 is 0 Å². The molecule has 0 saturated heterocycles.